The molecule has 0 saturated carbocycles. The molecule has 1 aromatic heterocycles. The molecule has 0 aliphatic heterocycles. The van der Waals surface area contributed by atoms with E-state index in [4.69, 9.17) is 16.6 Å². The summed E-state index contributed by atoms with van der Waals surface area (Å²) in [6.45, 7) is 0.265. The van der Waals surface area contributed by atoms with Gasteiger partial charge in [0.1, 0.15) is 12.4 Å². The first-order valence-corrected chi connectivity index (χ1v) is 4.79. The van der Waals surface area contributed by atoms with Gasteiger partial charge in [0.15, 0.2) is 0 Å². The number of nitrogens with zero attached hydrogens (tertiary/aromatic N) is 2. The van der Waals surface area contributed by atoms with Gasteiger partial charge in [-0.15, -0.1) is 24.8 Å². The predicted octanol–water partition coefficient (Wildman–Crippen LogP) is -0.330. The van der Waals surface area contributed by atoms with Crippen molar-refractivity contribution in [1.29, 1.82) is 0 Å². The van der Waals surface area contributed by atoms with Gasteiger partial charge in [-0.2, -0.15) is 0 Å². The van der Waals surface area contributed by atoms with Gasteiger partial charge in [0, 0.05) is 25.6 Å². The summed E-state index contributed by atoms with van der Waals surface area (Å²) >= 11 is 0. The van der Waals surface area contributed by atoms with Crippen LogP contribution in [0.25, 0.3) is 0 Å². The molecule has 0 spiro atoms. The van der Waals surface area contributed by atoms with Gasteiger partial charge in [-0.25, -0.2) is 4.98 Å². The smallest absolute Gasteiger partial charge is 0.320 e. The normalized spacial score (nSPS) is 11.0. The molecule has 1 heterocycles. The van der Waals surface area contributed by atoms with Gasteiger partial charge < -0.3 is 16.6 Å². The van der Waals surface area contributed by atoms with Crippen LogP contribution in [0.15, 0.2) is 12.5 Å². The average Bonchev–Trinajstić information content (AvgIpc) is 2.66. The maximum absolute atomic E-state index is 11.4. The highest BCUT2D eigenvalue weighted by atomic mass is 35.5. The summed E-state index contributed by atoms with van der Waals surface area (Å²) in [4.78, 5) is 25.8. The molecule has 1 atom stereocenters. The highest BCUT2D eigenvalue weighted by Crippen LogP contribution is 2.01. The predicted molar refractivity (Wildman–Crippen MR) is 70.3 cm³/mol. The second kappa shape index (κ2) is 8.87. The van der Waals surface area contributed by atoms with Gasteiger partial charge in [-0.1, -0.05) is 0 Å². The van der Waals surface area contributed by atoms with Crippen LogP contribution in [-0.4, -0.2) is 39.1 Å². The number of carboxylic acids is 1. The number of halogens is 2. The van der Waals surface area contributed by atoms with Crippen LogP contribution in [0.5, 0.6) is 0 Å². The minimum atomic E-state index is -1.09. The second-order valence-electron chi connectivity index (χ2n) is 3.35. The van der Waals surface area contributed by atoms with Crippen LogP contribution in [0.1, 0.15) is 16.9 Å². The first-order valence-electron chi connectivity index (χ1n) is 4.79. The molecule has 0 fully saturated rings. The Balaban J connectivity index is 0. The van der Waals surface area contributed by atoms with E-state index < -0.39 is 12.0 Å². The molecule has 0 aliphatic carbocycles. The minimum absolute atomic E-state index is 0. The number of nitrogens with two attached hydrogens (primary N) is 2. The number of aliphatic carboxylic acids is 1. The van der Waals surface area contributed by atoms with Crippen LogP contribution in [-0.2, 0) is 11.2 Å². The fraction of sp³-hybridized carbons (Fsp3) is 0.444. The standard InChI is InChI=1S/C9H14N4O3.2ClH/c10-2-1-8(14)13-4-6(12-5-13)3-7(11)9(15)16;;/h4-5,7H,1-3,10-11H2,(H,15,16);2*1H/t7-;;/m0../s1. The molecule has 7 nitrogen and oxygen atoms in total. The van der Waals surface area contributed by atoms with Gasteiger partial charge in [-0.05, 0) is 0 Å². The molecule has 1 aromatic rings. The second-order valence-corrected chi connectivity index (χ2v) is 3.35. The van der Waals surface area contributed by atoms with E-state index in [1.165, 1.54) is 17.1 Å². The fourth-order valence-electron chi connectivity index (χ4n) is 1.17. The first-order chi connectivity index (χ1) is 7.54. The SMILES string of the molecule is Cl.Cl.NCCC(=O)n1cnc(C[C@H](N)C(=O)O)c1. The van der Waals surface area contributed by atoms with E-state index in [1.807, 2.05) is 0 Å². The van der Waals surface area contributed by atoms with Gasteiger partial charge in [0.25, 0.3) is 0 Å². The maximum atomic E-state index is 11.4. The number of carbonyl (C=O) groups is 2. The van der Waals surface area contributed by atoms with Crippen molar-refractivity contribution in [2.24, 2.45) is 11.5 Å². The van der Waals surface area contributed by atoms with Crippen LogP contribution in [0, 0.1) is 0 Å². The Morgan fingerprint density at radius 2 is 2.06 bits per heavy atom. The van der Waals surface area contributed by atoms with E-state index in [-0.39, 0.29) is 50.1 Å². The number of imidazole rings is 1. The van der Waals surface area contributed by atoms with Crippen molar-refractivity contribution in [2.45, 2.75) is 18.9 Å². The quantitative estimate of drug-likeness (QED) is 0.684. The molecule has 0 amide bonds. The largest absolute Gasteiger partial charge is 0.480 e. The number of hydrogen-bond donors (Lipinski definition) is 3. The Labute approximate surface area is 116 Å². The lowest BCUT2D eigenvalue weighted by molar-refractivity contribution is -0.138. The van der Waals surface area contributed by atoms with Crippen LogP contribution in [0.4, 0.5) is 0 Å². The van der Waals surface area contributed by atoms with Gasteiger partial charge in [-0.3, -0.25) is 14.2 Å². The number of carboxylic acid groups (broad SMARTS) is 1. The Hall–Kier alpha value is -1.15. The van der Waals surface area contributed by atoms with Crippen LogP contribution < -0.4 is 11.5 Å². The summed E-state index contributed by atoms with van der Waals surface area (Å²) in [6.07, 6.45) is 3.13. The van der Waals surface area contributed by atoms with Crippen molar-refractivity contribution < 1.29 is 14.7 Å². The van der Waals surface area contributed by atoms with Gasteiger partial charge in [0.2, 0.25) is 5.91 Å². The summed E-state index contributed by atoms with van der Waals surface area (Å²) < 4.78 is 1.29. The van der Waals surface area contributed by atoms with Crippen molar-refractivity contribution in [3.63, 3.8) is 0 Å². The molecule has 0 aromatic carbocycles. The number of carbonyl (C=O) groups excluding carboxylic acids is 1. The Morgan fingerprint density at radius 3 is 2.56 bits per heavy atom. The highest BCUT2D eigenvalue weighted by Gasteiger charge is 2.14. The summed E-state index contributed by atoms with van der Waals surface area (Å²) in [7, 11) is 0. The van der Waals surface area contributed by atoms with E-state index in [0.717, 1.165) is 0 Å². The van der Waals surface area contributed by atoms with Crippen molar-refractivity contribution >= 4 is 36.7 Å². The maximum Gasteiger partial charge on any atom is 0.320 e. The van der Waals surface area contributed by atoms with Crippen LogP contribution in [0.2, 0.25) is 0 Å². The third kappa shape index (κ3) is 5.46. The summed E-state index contributed by atoms with van der Waals surface area (Å²) in [5.74, 6) is -1.27. The summed E-state index contributed by atoms with van der Waals surface area (Å²) in [6, 6.07) is -1.01. The Morgan fingerprint density at radius 1 is 1.44 bits per heavy atom. The van der Waals surface area contributed by atoms with E-state index in [2.05, 4.69) is 4.98 Å². The van der Waals surface area contributed by atoms with E-state index in [1.54, 1.807) is 0 Å². The molecule has 0 saturated heterocycles. The molecular formula is C9H16Cl2N4O3. The molecule has 9 heteroatoms. The Kier molecular flexibility index (Phi) is 9.46. The van der Waals surface area contributed by atoms with Crippen molar-refractivity contribution in [3.05, 3.63) is 18.2 Å². The molecule has 18 heavy (non-hydrogen) atoms. The summed E-state index contributed by atoms with van der Waals surface area (Å²) in [5, 5.41) is 8.60. The zero-order valence-electron chi connectivity index (χ0n) is 9.48. The lowest BCUT2D eigenvalue weighted by Gasteiger charge is -2.02. The Bertz CT molecular complexity index is 397. The van der Waals surface area contributed by atoms with Gasteiger partial charge in [0.05, 0.1) is 5.69 Å². The summed E-state index contributed by atoms with van der Waals surface area (Å²) in [5.41, 5.74) is 11.1. The van der Waals surface area contributed by atoms with Crippen molar-refractivity contribution in [3.8, 4) is 0 Å². The van der Waals surface area contributed by atoms with Crippen molar-refractivity contribution in [2.75, 3.05) is 6.54 Å². The average molecular weight is 299 g/mol. The minimum Gasteiger partial charge on any atom is -0.480 e. The third-order valence-electron chi connectivity index (χ3n) is 2.03. The molecule has 0 bridgehead atoms. The fourth-order valence-corrected chi connectivity index (χ4v) is 1.17. The topological polar surface area (TPSA) is 124 Å². The van der Waals surface area contributed by atoms with E-state index in [0.29, 0.717) is 5.69 Å². The lowest BCUT2D eigenvalue weighted by Crippen LogP contribution is -2.32. The van der Waals surface area contributed by atoms with E-state index in [9.17, 15) is 9.59 Å². The number of hydrogen-bond acceptors (Lipinski definition) is 5. The zero-order valence-corrected chi connectivity index (χ0v) is 11.1. The molecule has 0 aliphatic rings. The third-order valence-corrected chi connectivity index (χ3v) is 2.03. The molecule has 1 rings (SSSR count). The molecule has 104 valence electrons. The highest BCUT2D eigenvalue weighted by molar-refractivity contribution is 5.85. The molecular weight excluding hydrogens is 283 g/mol. The lowest BCUT2D eigenvalue weighted by atomic mass is 10.2. The first kappa shape index (κ1) is 19.2. The van der Waals surface area contributed by atoms with Crippen LogP contribution >= 0.6 is 24.8 Å². The number of aromatic nitrogens is 2. The molecule has 0 radical (unpaired) electrons. The van der Waals surface area contributed by atoms with E-state index >= 15 is 0 Å². The zero-order chi connectivity index (χ0) is 12.1. The molecule has 0 unspecified atom stereocenters. The van der Waals surface area contributed by atoms with Gasteiger partial charge >= 0.3 is 5.97 Å². The van der Waals surface area contributed by atoms with Crippen molar-refractivity contribution in [1.82, 2.24) is 9.55 Å². The van der Waals surface area contributed by atoms with Crippen LogP contribution in [0.3, 0.4) is 0 Å². The number of rotatable bonds is 5. The monoisotopic (exact) mass is 298 g/mol. The molecule has 5 N–H and O–H groups in total.